The molecule has 23 heavy (non-hydrogen) atoms. The van der Waals surface area contributed by atoms with Crippen molar-refractivity contribution >= 4 is 17.5 Å². The van der Waals surface area contributed by atoms with Gasteiger partial charge in [0.2, 0.25) is 0 Å². The summed E-state index contributed by atoms with van der Waals surface area (Å²) in [4.78, 5) is 31.5. The number of nitro benzene ring substituents is 2. The maximum absolute atomic E-state index is 11.2. The van der Waals surface area contributed by atoms with Crippen molar-refractivity contribution in [3.63, 3.8) is 0 Å². The van der Waals surface area contributed by atoms with Crippen LogP contribution in [0.15, 0.2) is 18.2 Å². The topological polar surface area (TPSA) is 133 Å². The second-order valence-electron chi connectivity index (χ2n) is 5.27. The molecule has 0 amide bonds. The van der Waals surface area contributed by atoms with Crippen LogP contribution in [0, 0.1) is 20.2 Å². The lowest BCUT2D eigenvalue weighted by molar-refractivity contribution is -0.395. The molecule has 1 aromatic rings. The van der Waals surface area contributed by atoms with Crippen LogP contribution in [0.2, 0.25) is 0 Å². The fourth-order valence-corrected chi connectivity index (χ4v) is 2.38. The molecule has 0 fully saturated rings. The summed E-state index contributed by atoms with van der Waals surface area (Å²) >= 11 is 0. The summed E-state index contributed by atoms with van der Waals surface area (Å²) in [6, 6.07) is 3.11. The zero-order valence-electron chi connectivity index (χ0n) is 12.9. The van der Waals surface area contributed by atoms with Crippen LogP contribution >= 0.6 is 0 Å². The first-order valence-corrected chi connectivity index (χ1v) is 7.06. The van der Waals surface area contributed by atoms with Crippen LogP contribution in [0.4, 0.5) is 16.2 Å². The van der Waals surface area contributed by atoms with Gasteiger partial charge in [0.25, 0.3) is 11.4 Å². The van der Waals surface area contributed by atoms with E-state index in [1.165, 1.54) is 13.0 Å². The van der Waals surface area contributed by atoms with Crippen molar-refractivity contribution in [3.8, 4) is 0 Å². The summed E-state index contributed by atoms with van der Waals surface area (Å²) in [6.45, 7) is 3.40. The molecule has 0 heterocycles. The summed E-state index contributed by atoms with van der Waals surface area (Å²) in [7, 11) is 0. The molecule has 1 N–H and O–H groups in total. The highest BCUT2D eigenvalue weighted by Crippen LogP contribution is 2.38. The molecular formula is C14H18N2O7. The number of non-ortho nitro benzene ring substituents is 1. The maximum atomic E-state index is 11.2. The number of nitro groups is 2. The van der Waals surface area contributed by atoms with Crippen molar-refractivity contribution in [1.29, 1.82) is 0 Å². The van der Waals surface area contributed by atoms with E-state index in [1.54, 1.807) is 0 Å². The molecule has 1 unspecified atom stereocenters. The number of hydrogen-bond acceptors (Lipinski definition) is 6. The van der Waals surface area contributed by atoms with Crippen molar-refractivity contribution in [2.24, 2.45) is 0 Å². The van der Waals surface area contributed by atoms with Gasteiger partial charge in [-0.1, -0.05) is 19.8 Å². The third kappa shape index (κ3) is 4.63. The van der Waals surface area contributed by atoms with Crippen LogP contribution in [-0.2, 0) is 10.3 Å². The molecule has 0 bridgehead atoms. The second-order valence-corrected chi connectivity index (χ2v) is 5.27. The molecule has 0 aliphatic heterocycles. The van der Waals surface area contributed by atoms with Gasteiger partial charge in [0.1, 0.15) is 5.60 Å². The SMILES string of the molecule is CCCCCC(C)(OC(=O)O)c1ccc([N+](=O)[O-])cc1[N+](=O)[O-]. The van der Waals surface area contributed by atoms with Gasteiger partial charge in [0, 0.05) is 6.07 Å². The molecule has 0 saturated heterocycles. The Bertz CT molecular complexity index is 617. The zero-order valence-corrected chi connectivity index (χ0v) is 12.9. The summed E-state index contributed by atoms with van der Waals surface area (Å²) < 4.78 is 4.90. The van der Waals surface area contributed by atoms with Gasteiger partial charge in [-0.05, 0) is 25.8 Å². The molecule has 0 aromatic heterocycles. The van der Waals surface area contributed by atoms with Gasteiger partial charge in [-0.3, -0.25) is 20.2 Å². The number of benzene rings is 1. The molecular weight excluding hydrogens is 308 g/mol. The Balaban J connectivity index is 3.36. The van der Waals surface area contributed by atoms with Gasteiger partial charge in [-0.15, -0.1) is 0 Å². The van der Waals surface area contributed by atoms with Gasteiger partial charge in [-0.25, -0.2) is 4.79 Å². The summed E-state index contributed by atoms with van der Waals surface area (Å²) in [5.74, 6) is 0. The summed E-state index contributed by atoms with van der Waals surface area (Å²) in [5.41, 5.74) is -2.41. The van der Waals surface area contributed by atoms with Crippen molar-refractivity contribution < 1.29 is 24.5 Å². The Morgan fingerprint density at radius 1 is 1.26 bits per heavy atom. The number of unbranched alkanes of at least 4 members (excludes halogenated alkanes) is 2. The second kappa shape index (κ2) is 7.52. The highest BCUT2D eigenvalue weighted by Gasteiger charge is 2.37. The van der Waals surface area contributed by atoms with E-state index in [4.69, 9.17) is 9.84 Å². The monoisotopic (exact) mass is 326 g/mol. The molecule has 0 spiro atoms. The molecule has 1 rings (SSSR count). The van der Waals surface area contributed by atoms with Crippen molar-refractivity contribution in [3.05, 3.63) is 44.0 Å². The molecule has 1 aromatic carbocycles. The Morgan fingerprint density at radius 2 is 1.91 bits per heavy atom. The first kappa shape index (κ1) is 18.3. The van der Waals surface area contributed by atoms with Crippen LogP contribution in [0.1, 0.15) is 45.1 Å². The van der Waals surface area contributed by atoms with Gasteiger partial charge < -0.3 is 9.84 Å². The van der Waals surface area contributed by atoms with E-state index in [1.807, 2.05) is 6.92 Å². The number of rotatable bonds is 8. The lowest BCUT2D eigenvalue weighted by Crippen LogP contribution is -2.29. The molecule has 0 saturated carbocycles. The minimum atomic E-state index is -1.56. The van der Waals surface area contributed by atoms with Crippen LogP contribution in [-0.4, -0.2) is 21.1 Å². The van der Waals surface area contributed by atoms with Crippen molar-refractivity contribution in [1.82, 2.24) is 0 Å². The van der Waals surface area contributed by atoms with Gasteiger partial charge in [0.15, 0.2) is 0 Å². The molecule has 1 atom stereocenters. The lowest BCUT2D eigenvalue weighted by Gasteiger charge is -2.28. The average Bonchev–Trinajstić information content (AvgIpc) is 2.46. The van der Waals surface area contributed by atoms with E-state index in [9.17, 15) is 25.0 Å². The minimum absolute atomic E-state index is 0.00611. The van der Waals surface area contributed by atoms with E-state index in [2.05, 4.69) is 0 Å². The van der Waals surface area contributed by atoms with Crippen LogP contribution < -0.4 is 0 Å². The number of ether oxygens (including phenoxy) is 1. The molecule has 0 aliphatic carbocycles. The standard InChI is InChI=1S/C14H18N2O7/c1-3-4-5-8-14(2,23-13(17)18)11-7-6-10(15(19)20)9-12(11)16(21)22/h6-7,9H,3-5,8H2,1-2H3,(H,17,18). The van der Waals surface area contributed by atoms with Crippen molar-refractivity contribution in [2.75, 3.05) is 0 Å². The molecule has 9 nitrogen and oxygen atoms in total. The van der Waals surface area contributed by atoms with Crippen LogP contribution in [0.3, 0.4) is 0 Å². The Kier molecular flexibility index (Phi) is 6.00. The highest BCUT2D eigenvalue weighted by atomic mass is 16.7. The van der Waals surface area contributed by atoms with Crippen molar-refractivity contribution in [2.45, 2.75) is 45.1 Å². The number of nitrogens with zero attached hydrogens (tertiary/aromatic N) is 2. The minimum Gasteiger partial charge on any atom is -0.450 e. The fraction of sp³-hybridized carbons (Fsp3) is 0.500. The number of hydrogen-bond donors (Lipinski definition) is 1. The summed E-state index contributed by atoms with van der Waals surface area (Å²) in [6.07, 6.45) is 0.974. The highest BCUT2D eigenvalue weighted by molar-refractivity contribution is 5.59. The Hall–Kier alpha value is -2.71. The third-order valence-electron chi connectivity index (χ3n) is 3.53. The normalized spacial score (nSPS) is 13.1. The molecule has 0 radical (unpaired) electrons. The van der Waals surface area contributed by atoms with E-state index >= 15 is 0 Å². The van der Waals surface area contributed by atoms with E-state index in [0.29, 0.717) is 6.42 Å². The number of carbonyl (C=O) groups is 1. The first-order valence-electron chi connectivity index (χ1n) is 7.06. The van der Waals surface area contributed by atoms with Gasteiger partial charge >= 0.3 is 6.16 Å². The Labute approximate surface area is 132 Å². The smallest absolute Gasteiger partial charge is 0.450 e. The first-order chi connectivity index (χ1) is 10.7. The van der Waals surface area contributed by atoms with Gasteiger partial charge in [-0.2, -0.15) is 0 Å². The van der Waals surface area contributed by atoms with Crippen LogP contribution in [0.25, 0.3) is 0 Å². The van der Waals surface area contributed by atoms with Crippen LogP contribution in [0.5, 0.6) is 0 Å². The number of carboxylic acid groups (broad SMARTS) is 1. The molecule has 0 aliphatic rings. The van der Waals surface area contributed by atoms with E-state index in [-0.39, 0.29) is 12.0 Å². The van der Waals surface area contributed by atoms with Gasteiger partial charge in [0.05, 0.1) is 21.5 Å². The maximum Gasteiger partial charge on any atom is 0.506 e. The zero-order chi connectivity index (χ0) is 17.6. The quantitative estimate of drug-likeness (QED) is 0.330. The average molecular weight is 326 g/mol. The lowest BCUT2D eigenvalue weighted by atomic mass is 9.88. The predicted octanol–water partition coefficient (Wildman–Crippen LogP) is 3.99. The van der Waals surface area contributed by atoms with E-state index < -0.39 is 33.0 Å². The third-order valence-corrected chi connectivity index (χ3v) is 3.53. The predicted molar refractivity (Wildman–Crippen MR) is 80.4 cm³/mol. The largest absolute Gasteiger partial charge is 0.506 e. The Morgan fingerprint density at radius 3 is 2.39 bits per heavy atom. The summed E-state index contributed by atoms with van der Waals surface area (Å²) in [5, 5.41) is 31.0. The van der Waals surface area contributed by atoms with E-state index in [0.717, 1.165) is 25.0 Å². The fourth-order valence-electron chi connectivity index (χ4n) is 2.38. The molecule has 9 heteroatoms. The molecule has 126 valence electrons.